The van der Waals surface area contributed by atoms with Crippen molar-refractivity contribution in [3.8, 4) is 6.07 Å². The number of carbonyl (C=O) groups excluding carboxylic acids is 1. The van der Waals surface area contributed by atoms with E-state index in [0.717, 1.165) is 33.1 Å². The maximum atomic E-state index is 13.2. The molecule has 8 heteroatoms. The summed E-state index contributed by atoms with van der Waals surface area (Å²) in [6.07, 6.45) is 2.43. The van der Waals surface area contributed by atoms with Crippen LogP contribution in [0, 0.1) is 25.2 Å². The summed E-state index contributed by atoms with van der Waals surface area (Å²) >= 11 is 0. The van der Waals surface area contributed by atoms with Gasteiger partial charge in [-0.15, -0.1) is 0 Å². The van der Waals surface area contributed by atoms with Crippen LogP contribution in [0.1, 0.15) is 33.6 Å². The quantitative estimate of drug-likeness (QED) is 0.314. The van der Waals surface area contributed by atoms with Gasteiger partial charge in [0, 0.05) is 34.8 Å². The second-order valence-electron chi connectivity index (χ2n) is 8.92. The number of hydrogen-bond donors (Lipinski definition) is 1. The molecule has 0 unspecified atom stereocenters. The average Bonchev–Trinajstić information content (AvgIpc) is 3.16. The van der Waals surface area contributed by atoms with Crippen LogP contribution in [0.25, 0.3) is 21.8 Å². The van der Waals surface area contributed by atoms with Gasteiger partial charge in [-0.2, -0.15) is 5.26 Å². The van der Waals surface area contributed by atoms with Crippen LogP contribution in [0.3, 0.4) is 0 Å². The van der Waals surface area contributed by atoms with Gasteiger partial charge in [0.1, 0.15) is 4.90 Å². The van der Waals surface area contributed by atoms with Crippen molar-refractivity contribution in [3.05, 3.63) is 101 Å². The predicted octanol–water partition coefficient (Wildman–Crippen LogP) is 5.75. The molecule has 0 aliphatic rings. The van der Waals surface area contributed by atoms with Gasteiger partial charge in [-0.05, 0) is 73.9 Å². The Labute approximate surface area is 215 Å². The summed E-state index contributed by atoms with van der Waals surface area (Å²) in [5.74, 6) is -0.0462. The number of sulfonamides is 1. The highest BCUT2D eigenvalue weighted by Gasteiger charge is 2.21. The Morgan fingerprint density at radius 3 is 2.54 bits per heavy atom. The number of para-hydroxylation sites is 1. The van der Waals surface area contributed by atoms with E-state index in [2.05, 4.69) is 15.8 Å². The molecule has 184 valence electrons. The van der Waals surface area contributed by atoms with Crippen molar-refractivity contribution in [2.75, 3.05) is 4.72 Å². The van der Waals surface area contributed by atoms with Gasteiger partial charge in [0.15, 0.2) is 0 Å². The monoisotopic (exact) mass is 508 g/mol. The first kappa shape index (κ1) is 24.2. The van der Waals surface area contributed by atoms with Crippen LogP contribution >= 0.6 is 0 Å². The molecule has 5 aromatic rings. The highest BCUT2D eigenvalue weighted by molar-refractivity contribution is 7.93. The minimum atomic E-state index is -3.89. The van der Waals surface area contributed by atoms with Gasteiger partial charge in [-0.1, -0.05) is 30.3 Å². The third-order valence-corrected chi connectivity index (χ3v) is 8.03. The van der Waals surface area contributed by atoms with E-state index in [9.17, 15) is 13.2 Å². The summed E-state index contributed by atoms with van der Waals surface area (Å²) in [5, 5.41) is 10.5. The number of anilines is 1. The maximum Gasteiger partial charge on any atom is 0.264 e. The van der Waals surface area contributed by atoms with Gasteiger partial charge in [0.25, 0.3) is 10.0 Å². The molecule has 2 aromatic heterocycles. The lowest BCUT2D eigenvalue weighted by molar-refractivity contribution is 0.0906. The lowest BCUT2D eigenvalue weighted by Gasteiger charge is -2.11. The smallest absolute Gasteiger partial charge is 0.264 e. The number of rotatable bonds is 6. The van der Waals surface area contributed by atoms with Gasteiger partial charge in [0.05, 0.1) is 22.7 Å². The molecule has 0 aliphatic heterocycles. The molecule has 0 radical (unpaired) electrons. The van der Waals surface area contributed by atoms with Crippen molar-refractivity contribution in [3.63, 3.8) is 0 Å². The molecular weight excluding hydrogens is 484 g/mol. The normalized spacial score (nSPS) is 11.5. The van der Waals surface area contributed by atoms with Crippen LogP contribution in [0.2, 0.25) is 0 Å². The van der Waals surface area contributed by atoms with Gasteiger partial charge in [0.2, 0.25) is 5.91 Å². The average molecular weight is 509 g/mol. The summed E-state index contributed by atoms with van der Waals surface area (Å²) in [4.78, 5) is 17.6. The fraction of sp³-hybridized carbons (Fsp3) is 0.138. The predicted molar refractivity (Wildman–Crippen MR) is 144 cm³/mol. The van der Waals surface area contributed by atoms with E-state index in [1.54, 1.807) is 53.2 Å². The van der Waals surface area contributed by atoms with E-state index in [1.165, 1.54) is 6.07 Å². The minimum absolute atomic E-state index is 0.0462. The molecule has 0 fully saturated rings. The third kappa shape index (κ3) is 4.57. The molecule has 7 nitrogen and oxygen atoms in total. The van der Waals surface area contributed by atoms with Crippen LogP contribution < -0.4 is 4.72 Å². The molecule has 2 heterocycles. The molecule has 37 heavy (non-hydrogen) atoms. The number of aromatic nitrogens is 2. The Morgan fingerprint density at radius 1 is 1.03 bits per heavy atom. The minimum Gasteiger partial charge on any atom is -0.284 e. The molecule has 3 aromatic carbocycles. The molecule has 5 rings (SSSR count). The molecule has 0 bridgehead atoms. The number of pyridine rings is 1. The topological polar surface area (TPSA) is 105 Å². The van der Waals surface area contributed by atoms with Crippen molar-refractivity contribution in [2.24, 2.45) is 0 Å². The lowest BCUT2D eigenvalue weighted by Crippen LogP contribution is -2.14. The van der Waals surface area contributed by atoms with Crippen molar-refractivity contribution in [2.45, 2.75) is 31.6 Å². The van der Waals surface area contributed by atoms with Crippen LogP contribution in [-0.4, -0.2) is 23.9 Å². The largest absolute Gasteiger partial charge is 0.284 e. The fourth-order valence-electron chi connectivity index (χ4n) is 4.57. The number of nitrogens with zero attached hydrogens (tertiary/aromatic N) is 3. The molecule has 0 aliphatic carbocycles. The number of carbonyl (C=O) groups is 1. The van der Waals surface area contributed by atoms with E-state index in [1.807, 2.05) is 38.1 Å². The number of aryl methyl sites for hydroxylation is 2. The van der Waals surface area contributed by atoms with Crippen LogP contribution in [0.5, 0.6) is 0 Å². The van der Waals surface area contributed by atoms with Crippen molar-refractivity contribution in [1.29, 1.82) is 5.26 Å². The summed E-state index contributed by atoms with van der Waals surface area (Å²) in [7, 11) is -3.89. The van der Waals surface area contributed by atoms with Gasteiger partial charge < -0.3 is 0 Å². The van der Waals surface area contributed by atoms with E-state index >= 15 is 0 Å². The summed E-state index contributed by atoms with van der Waals surface area (Å²) in [6.45, 7) is 3.82. The van der Waals surface area contributed by atoms with Crippen molar-refractivity contribution in [1.82, 2.24) is 9.55 Å². The first-order valence-corrected chi connectivity index (χ1v) is 13.3. The van der Waals surface area contributed by atoms with Crippen LogP contribution in [-0.2, 0) is 16.4 Å². The van der Waals surface area contributed by atoms with Crippen molar-refractivity contribution >= 4 is 43.4 Å². The molecule has 0 saturated heterocycles. The first-order chi connectivity index (χ1) is 17.8. The van der Waals surface area contributed by atoms with E-state index in [0.29, 0.717) is 29.6 Å². The molecule has 0 saturated carbocycles. The number of benzene rings is 3. The zero-order valence-corrected chi connectivity index (χ0v) is 21.2. The van der Waals surface area contributed by atoms with Crippen molar-refractivity contribution < 1.29 is 13.2 Å². The van der Waals surface area contributed by atoms with E-state index in [-0.39, 0.29) is 10.8 Å². The Bertz CT molecular complexity index is 1810. The number of hydrogen-bond acceptors (Lipinski definition) is 5. The first-order valence-electron chi connectivity index (χ1n) is 11.8. The SMILES string of the molecule is Cc1c(C)n(C(=O)CCc2ccc(C#N)cc2)c2ccc(NS(=O)(=O)c3cccc4cccnc34)cc12. The number of nitriles is 1. The van der Waals surface area contributed by atoms with E-state index < -0.39 is 10.0 Å². The summed E-state index contributed by atoms with van der Waals surface area (Å²) in [6, 6.07) is 23.2. The number of nitrogens with one attached hydrogen (secondary N) is 1. The maximum absolute atomic E-state index is 13.2. The molecule has 0 amide bonds. The molecular formula is C29H24N4O3S. The zero-order chi connectivity index (χ0) is 26.2. The molecule has 0 atom stereocenters. The molecule has 1 N–H and O–H groups in total. The highest BCUT2D eigenvalue weighted by atomic mass is 32.2. The Kier molecular flexibility index (Phi) is 6.24. The Hall–Kier alpha value is -4.48. The zero-order valence-electron chi connectivity index (χ0n) is 20.4. The Morgan fingerprint density at radius 2 is 1.78 bits per heavy atom. The highest BCUT2D eigenvalue weighted by Crippen LogP contribution is 2.30. The third-order valence-electron chi connectivity index (χ3n) is 6.62. The molecule has 0 spiro atoms. The van der Waals surface area contributed by atoms with Gasteiger partial charge >= 0.3 is 0 Å². The van der Waals surface area contributed by atoms with Crippen LogP contribution in [0.15, 0.2) is 83.9 Å². The van der Waals surface area contributed by atoms with Crippen LogP contribution in [0.4, 0.5) is 5.69 Å². The fourth-order valence-corrected chi connectivity index (χ4v) is 5.80. The standard InChI is InChI=1S/C29H24N4O3S/c1-19-20(2)33(28(34)15-12-21-8-10-22(18-30)11-9-21)26-14-13-24(17-25(19)26)32-37(35,36)27-7-3-5-23-6-4-16-31-29(23)27/h3-11,13-14,16-17,32H,12,15H2,1-2H3. The number of fused-ring (bicyclic) bond motifs is 2. The summed E-state index contributed by atoms with van der Waals surface area (Å²) < 4.78 is 30.9. The lowest BCUT2D eigenvalue weighted by atomic mass is 10.1. The van der Waals surface area contributed by atoms with Gasteiger partial charge in [-0.25, -0.2) is 8.42 Å². The van der Waals surface area contributed by atoms with E-state index in [4.69, 9.17) is 5.26 Å². The second kappa shape index (κ2) is 9.52. The summed E-state index contributed by atoms with van der Waals surface area (Å²) in [5.41, 5.74) is 4.84. The second-order valence-corrected chi connectivity index (χ2v) is 10.6. The van der Waals surface area contributed by atoms with Gasteiger partial charge in [-0.3, -0.25) is 19.1 Å². The Balaban J connectivity index is 1.43.